The first-order valence-corrected chi connectivity index (χ1v) is 7.30. The molecule has 3 heterocycles. The third kappa shape index (κ3) is 1.97. The van der Waals surface area contributed by atoms with Gasteiger partial charge in [0, 0.05) is 12.6 Å². The molecule has 4 rings (SSSR count). The maximum absolute atomic E-state index is 12.4. The fourth-order valence-electron chi connectivity index (χ4n) is 3.15. The number of anilines is 1. The molecule has 0 saturated heterocycles. The Morgan fingerprint density at radius 1 is 1.04 bits per heavy atom. The van der Waals surface area contributed by atoms with E-state index in [4.69, 9.17) is 5.73 Å². The Hall–Kier alpha value is -2.93. The molecule has 0 atom stereocenters. The lowest BCUT2D eigenvalue weighted by atomic mass is 10.00. The van der Waals surface area contributed by atoms with Crippen molar-refractivity contribution < 1.29 is 9.59 Å². The highest BCUT2D eigenvalue weighted by Gasteiger charge is 2.31. The zero-order valence-electron chi connectivity index (χ0n) is 12.2. The maximum atomic E-state index is 12.4. The smallest absolute Gasteiger partial charge is 0.262 e. The number of fused-ring (bicyclic) bond motifs is 2. The maximum Gasteiger partial charge on any atom is 0.262 e. The van der Waals surface area contributed by atoms with Gasteiger partial charge in [0.05, 0.1) is 16.8 Å². The second-order valence-corrected chi connectivity index (χ2v) is 5.65. The Morgan fingerprint density at radius 3 is 2.70 bits per heavy atom. The quantitative estimate of drug-likeness (QED) is 0.640. The van der Waals surface area contributed by atoms with Crippen molar-refractivity contribution in [1.82, 2.24) is 15.2 Å². The largest absolute Gasteiger partial charge is 0.384 e. The summed E-state index contributed by atoms with van der Waals surface area (Å²) in [6.07, 6.45) is 0.863. The van der Waals surface area contributed by atoms with Gasteiger partial charge in [-0.2, -0.15) is 0 Å². The summed E-state index contributed by atoms with van der Waals surface area (Å²) in [6.45, 7) is 1.67. The van der Waals surface area contributed by atoms with Crippen molar-refractivity contribution in [3.63, 3.8) is 0 Å². The minimum Gasteiger partial charge on any atom is -0.384 e. The van der Waals surface area contributed by atoms with Gasteiger partial charge < -0.3 is 11.1 Å². The second kappa shape index (κ2) is 4.79. The Balaban J connectivity index is 1.94. The van der Waals surface area contributed by atoms with Gasteiger partial charge in [-0.3, -0.25) is 24.3 Å². The normalized spacial score (nSPS) is 16.0. The molecule has 116 valence electrons. The minimum atomic E-state index is -0.586. The highest BCUT2D eigenvalue weighted by molar-refractivity contribution is 6.23. The Kier molecular flexibility index (Phi) is 2.85. The van der Waals surface area contributed by atoms with Crippen LogP contribution in [0.1, 0.15) is 31.8 Å². The van der Waals surface area contributed by atoms with Crippen molar-refractivity contribution in [2.75, 3.05) is 12.3 Å². The van der Waals surface area contributed by atoms with Crippen LogP contribution in [0.2, 0.25) is 0 Å². The summed E-state index contributed by atoms with van der Waals surface area (Å²) in [6, 6.07) is 6.81. The number of nitrogens with zero attached hydrogens (tertiary/aromatic N) is 1. The van der Waals surface area contributed by atoms with Crippen molar-refractivity contribution in [2.45, 2.75) is 13.0 Å². The van der Waals surface area contributed by atoms with Crippen LogP contribution in [0.15, 0.2) is 29.1 Å². The number of carbonyl (C=O) groups is 2. The van der Waals surface area contributed by atoms with Crippen molar-refractivity contribution >= 4 is 17.6 Å². The molecule has 2 aliphatic rings. The van der Waals surface area contributed by atoms with Crippen LogP contribution in [0.25, 0.3) is 5.69 Å². The summed E-state index contributed by atoms with van der Waals surface area (Å²) in [7, 11) is 0. The first-order chi connectivity index (χ1) is 11.1. The van der Waals surface area contributed by atoms with Gasteiger partial charge in [0.15, 0.2) is 0 Å². The molecule has 4 N–H and O–H groups in total. The Morgan fingerprint density at radius 2 is 1.87 bits per heavy atom. The van der Waals surface area contributed by atoms with Crippen LogP contribution < -0.4 is 21.9 Å². The van der Waals surface area contributed by atoms with E-state index in [2.05, 4.69) is 10.6 Å². The van der Waals surface area contributed by atoms with Crippen LogP contribution in [0.3, 0.4) is 0 Å². The van der Waals surface area contributed by atoms with Crippen LogP contribution in [0.4, 0.5) is 5.82 Å². The highest BCUT2D eigenvalue weighted by Crippen LogP contribution is 2.24. The van der Waals surface area contributed by atoms with Gasteiger partial charge in [0.2, 0.25) is 0 Å². The summed E-state index contributed by atoms with van der Waals surface area (Å²) in [5.41, 5.74) is 8.63. The zero-order chi connectivity index (χ0) is 16.1. The van der Waals surface area contributed by atoms with Crippen molar-refractivity contribution in [3.05, 3.63) is 56.9 Å². The lowest BCUT2D eigenvalue weighted by molar-refractivity contribution is 0.0880. The number of hydrogen-bond donors (Lipinski definition) is 3. The predicted octanol–water partition coefficient (Wildman–Crippen LogP) is -0.0510. The van der Waals surface area contributed by atoms with Crippen LogP contribution in [-0.4, -0.2) is 22.9 Å². The third-order valence-corrected chi connectivity index (χ3v) is 4.29. The Bertz CT molecular complexity index is 930. The van der Waals surface area contributed by atoms with Gasteiger partial charge in [-0.05, 0) is 36.2 Å². The third-order valence-electron chi connectivity index (χ3n) is 4.29. The average molecular weight is 310 g/mol. The minimum absolute atomic E-state index is 0.00951. The molecule has 7 nitrogen and oxygen atoms in total. The molecule has 2 aromatic rings. The molecule has 1 aromatic heterocycles. The number of pyridine rings is 1. The number of nitrogen functional groups attached to an aromatic ring is 1. The van der Waals surface area contributed by atoms with Crippen LogP contribution in [-0.2, 0) is 13.0 Å². The fourth-order valence-corrected chi connectivity index (χ4v) is 3.15. The van der Waals surface area contributed by atoms with Crippen molar-refractivity contribution in [2.24, 2.45) is 0 Å². The molecular weight excluding hydrogens is 296 g/mol. The van der Waals surface area contributed by atoms with E-state index < -0.39 is 17.4 Å². The zero-order valence-corrected chi connectivity index (χ0v) is 12.2. The first kappa shape index (κ1) is 13.7. The van der Waals surface area contributed by atoms with Gasteiger partial charge in [-0.25, -0.2) is 0 Å². The molecule has 2 amide bonds. The standard InChI is InChI=1S/C16H14N4O3/c17-14-13-11(15(22)19-16(13)23)6-12(21)20(14)10-2-1-9-7-18-4-3-8(9)5-10/h1-2,5-6,18H,3-4,7,17H2,(H,19,22,23). The summed E-state index contributed by atoms with van der Waals surface area (Å²) in [5.74, 6) is -1.17. The molecule has 0 bridgehead atoms. The van der Waals surface area contributed by atoms with E-state index in [9.17, 15) is 14.4 Å². The van der Waals surface area contributed by atoms with E-state index in [1.165, 1.54) is 10.1 Å². The van der Waals surface area contributed by atoms with Gasteiger partial charge in [0.1, 0.15) is 5.82 Å². The number of benzene rings is 1. The molecule has 0 spiro atoms. The van der Waals surface area contributed by atoms with E-state index >= 15 is 0 Å². The molecule has 7 heteroatoms. The lowest BCUT2D eigenvalue weighted by Crippen LogP contribution is -2.26. The van der Waals surface area contributed by atoms with E-state index in [0.717, 1.165) is 31.1 Å². The molecule has 0 saturated carbocycles. The van der Waals surface area contributed by atoms with Gasteiger partial charge in [0.25, 0.3) is 17.4 Å². The summed E-state index contributed by atoms with van der Waals surface area (Å²) >= 11 is 0. The molecular formula is C16H14N4O3. The number of imide groups is 1. The van der Waals surface area contributed by atoms with E-state index in [1.807, 2.05) is 12.1 Å². The van der Waals surface area contributed by atoms with E-state index in [0.29, 0.717) is 5.69 Å². The summed E-state index contributed by atoms with van der Waals surface area (Å²) in [5, 5.41) is 5.44. The van der Waals surface area contributed by atoms with Gasteiger partial charge in [-0.1, -0.05) is 6.07 Å². The van der Waals surface area contributed by atoms with E-state index in [1.54, 1.807) is 6.07 Å². The first-order valence-electron chi connectivity index (χ1n) is 7.30. The van der Waals surface area contributed by atoms with Crippen LogP contribution in [0.5, 0.6) is 0 Å². The molecule has 23 heavy (non-hydrogen) atoms. The number of hydrogen-bond acceptors (Lipinski definition) is 5. The molecule has 2 aliphatic heterocycles. The van der Waals surface area contributed by atoms with Crippen LogP contribution in [0, 0.1) is 0 Å². The molecule has 0 unspecified atom stereocenters. The average Bonchev–Trinajstić information content (AvgIpc) is 2.81. The number of aromatic nitrogens is 1. The number of carbonyl (C=O) groups excluding carboxylic acids is 2. The van der Waals surface area contributed by atoms with Crippen molar-refractivity contribution in [1.29, 1.82) is 0 Å². The van der Waals surface area contributed by atoms with Gasteiger partial charge in [-0.15, -0.1) is 0 Å². The van der Waals surface area contributed by atoms with Gasteiger partial charge >= 0.3 is 0 Å². The SMILES string of the molecule is Nc1c2c(cc(=O)n1-c1ccc3c(c1)CCNC3)C(=O)NC2=O. The number of nitrogens with one attached hydrogen (secondary N) is 2. The molecule has 0 fully saturated rings. The lowest BCUT2D eigenvalue weighted by Gasteiger charge is -2.19. The van der Waals surface area contributed by atoms with Crippen LogP contribution >= 0.6 is 0 Å². The second-order valence-electron chi connectivity index (χ2n) is 5.65. The predicted molar refractivity (Wildman–Crippen MR) is 83.7 cm³/mol. The number of rotatable bonds is 1. The Labute approximate surface area is 131 Å². The fraction of sp³-hybridized carbons (Fsp3) is 0.188. The monoisotopic (exact) mass is 310 g/mol. The molecule has 0 radical (unpaired) electrons. The summed E-state index contributed by atoms with van der Waals surface area (Å²) in [4.78, 5) is 36.0. The van der Waals surface area contributed by atoms with E-state index in [-0.39, 0.29) is 16.9 Å². The number of nitrogens with two attached hydrogens (primary N) is 1. The van der Waals surface area contributed by atoms with Crippen molar-refractivity contribution in [3.8, 4) is 5.69 Å². The summed E-state index contributed by atoms with van der Waals surface area (Å²) < 4.78 is 1.28. The molecule has 1 aromatic carbocycles. The highest BCUT2D eigenvalue weighted by atomic mass is 16.2. The molecule has 0 aliphatic carbocycles. The topological polar surface area (TPSA) is 106 Å². The number of amides is 2.